The fraction of sp³-hybridized carbons (Fsp3) is 0.286. The Hall–Kier alpha value is -3.69. The smallest absolute Gasteiger partial charge is 0.123 e. The molecule has 2 aromatic carbocycles. The Bertz CT molecular complexity index is 837. The highest BCUT2D eigenvalue weighted by Crippen LogP contribution is 2.32. The first-order valence-corrected chi connectivity index (χ1v) is 8.51. The van der Waals surface area contributed by atoms with Gasteiger partial charge in [0.25, 0.3) is 0 Å². The van der Waals surface area contributed by atoms with Crippen molar-refractivity contribution < 1.29 is 14.2 Å². The standard InChI is InChI=1S/C21H19N3O3/c22-7-2-10-25-19-6-1-5-17(13-19)18-14-20(26-11-3-8-23)16-21(15-18)27-12-4-9-24/h1,5-6,13-16H,2-4,10-12H2. The van der Waals surface area contributed by atoms with Crippen LogP contribution in [0.2, 0.25) is 0 Å². The largest absolute Gasteiger partial charge is 0.493 e. The Morgan fingerprint density at radius 3 is 1.59 bits per heavy atom. The van der Waals surface area contributed by atoms with Crippen molar-refractivity contribution in [2.45, 2.75) is 19.3 Å². The molecule has 0 amide bonds. The first-order valence-electron chi connectivity index (χ1n) is 8.51. The average molecular weight is 361 g/mol. The zero-order valence-electron chi connectivity index (χ0n) is 14.9. The minimum Gasteiger partial charge on any atom is -0.493 e. The Balaban J connectivity index is 2.25. The summed E-state index contributed by atoms with van der Waals surface area (Å²) >= 11 is 0. The molecule has 0 bridgehead atoms. The quantitative estimate of drug-likeness (QED) is 0.587. The number of ether oxygens (including phenoxy) is 3. The van der Waals surface area contributed by atoms with Crippen LogP contribution in [0, 0.1) is 34.0 Å². The molecule has 0 aromatic heterocycles. The maximum Gasteiger partial charge on any atom is 0.123 e. The van der Waals surface area contributed by atoms with Crippen LogP contribution >= 0.6 is 0 Å². The minimum absolute atomic E-state index is 0.287. The Morgan fingerprint density at radius 1 is 0.593 bits per heavy atom. The summed E-state index contributed by atoms with van der Waals surface area (Å²) < 4.78 is 16.8. The second kappa shape index (κ2) is 11.0. The molecule has 0 aliphatic rings. The predicted molar refractivity (Wildman–Crippen MR) is 99.1 cm³/mol. The summed E-state index contributed by atoms with van der Waals surface area (Å²) in [5.74, 6) is 1.85. The number of nitrogens with zero attached hydrogens (tertiary/aromatic N) is 3. The van der Waals surface area contributed by atoms with E-state index in [0.29, 0.717) is 30.3 Å². The molecule has 2 aromatic rings. The molecule has 27 heavy (non-hydrogen) atoms. The monoisotopic (exact) mass is 361 g/mol. The normalized spacial score (nSPS) is 9.52. The van der Waals surface area contributed by atoms with E-state index in [2.05, 4.69) is 0 Å². The van der Waals surface area contributed by atoms with Gasteiger partial charge in [-0.2, -0.15) is 15.8 Å². The molecule has 2 rings (SSSR count). The molecule has 0 fully saturated rings. The van der Waals surface area contributed by atoms with Gasteiger partial charge in [-0.05, 0) is 35.4 Å². The zero-order valence-corrected chi connectivity index (χ0v) is 14.9. The molecule has 0 radical (unpaired) electrons. The Morgan fingerprint density at radius 2 is 1.07 bits per heavy atom. The van der Waals surface area contributed by atoms with Gasteiger partial charge in [0, 0.05) is 6.07 Å². The highest BCUT2D eigenvalue weighted by Gasteiger charge is 2.07. The van der Waals surface area contributed by atoms with Gasteiger partial charge in [-0.15, -0.1) is 0 Å². The molecule has 0 heterocycles. The van der Waals surface area contributed by atoms with Crippen LogP contribution in [0.15, 0.2) is 42.5 Å². The van der Waals surface area contributed by atoms with Crippen molar-refractivity contribution in [3.8, 4) is 46.6 Å². The van der Waals surface area contributed by atoms with Crippen molar-refractivity contribution >= 4 is 0 Å². The number of hydrogen-bond acceptors (Lipinski definition) is 6. The summed E-state index contributed by atoms with van der Waals surface area (Å²) in [6.45, 7) is 0.906. The van der Waals surface area contributed by atoms with Gasteiger partial charge in [0.1, 0.15) is 37.1 Å². The molecule has 6 heteroatoms. The van der Waals surface area contributed by atoms with Gasteiger partial charge in [-0.25, -0.2) is 0 Å². The van der Waals surface area contributed by atoms with E-state index in [1.165, 1.54) is 0 Å². The van der Waals surface area contributed by atoms with E-state index in [-0.39, 0.29) is 26.1 Å². The third kappa shape index (κ3) is 6.61. The van der Waals surface area contributed by atoms with Crippen LogP contribution in [0.1, 0.15) is 19.3 Å². The lowest BCUT2D eigenvalue weighted by molar-refractivity contribution is 0.310. The summed E-state index contributed by atoms with van der Waals surface area (Å²) in [7, 11) is 0. The van der Waals surface area contributed by atoms with Crippen molar-refractivity contribution in [2.24, 2.45) is 0 Å². The van der Waals surface area contributed by atoms with Gasteiger partial charge in [0.2, 0.25) is 0 Å². The number of rotatable bonds is 10. The van der Waals surface area contributed by atoms with Crippen molar-refractivity contribution in [3.63, 3.8) is 0 Å². The van der Waals surface area contributed by atoms with E-state index in [4.69, 9.17) is 30.0 Å². The van der Waals surface area contributed by atoms with Crippen molar-refractivity contribution in [1.29, 1.82) is 15.8 Å². The second-order valence-electron chi connectivity index (χ2n) is 5.49. The summed E-state index contributed by atoms with van der Waals surface area (Å²) in [4.78, 5) is 0. The lowest BCUT2D eigenvalue weighted by atomic mass is 10.0. The molecule has 6 nitrogen and oxygen atoms in total. The van der Waals surface area contributed by atoms with E-state index in [9.17, 15) is 0 Å². The summed E-state index contributed by atoms with van der Waals surface area (Å²) in [6.07, 6.45) is 0.900. The molecule has 0 saturated carbocycles. The zero-order chi connectivity index (χ0) is 19.3. The highest BCUT2D eigenvalue weighted by atomic mass is 16.5. The molecule has 0 atom stereocenters. The summed E-state index contributed by atoms with van der Waals surface area (Å²) in [5.41, 5.74) is 1.77. The molecule has 0 N–H and O–H groups in total. The molecular weight excluding hydrogens is 342 g/mol. The summed E-state index contributed by atoms with van der Waals surface area (Å²) in [6, 6.07) is 19.1. The minimum atomic E-state index is 0.287. The van der Waals surface area contributed by atoms with Crippen LogP contribution in [0.3, 0.4) is 0 Å². The van der Waals surface area contributed by atoms with Crippen LogP contribution in [0.5, 0.6) is 17.2 Å². The molecule has 0 unspecified atom stereocenters. The highest BCUT2D eigenvalue weighted by molar-refractivity contribution is 5.68. The molecule has 136 valence electrons. The van der Waals surface area contributed by atoms with Crippen molar-refractivity contribution in [3.05, 3.63) is 42.5 Å². The SMILES string of the molecule is N#CCCOc1cccc(-c2cc(OCCC#N)cc(OCCC#N)c2)c1. The fourth-order valence-corrected chi connectivity index (χ4v) is 2.31. The van der Waals surface area contributed by atoms with E-state index >= 15 is 0 Å². The van der Waals surface area contributed by atoms with Gasteiger partial charge in [0.15, 0.2) is 0 Å². The number of nitriles is 3. The molecule has 0 spiro atoms. The van der Waals surface area contributed by atoms with Crippen molar-refractivity contribution in [1.82, 2.24) is 0 Å². The number of hydrogen-bond donors (Lipinski definition) is 0. The fourth-order valence-electron chi connectivity index (χ4n) is 2.31. The first kappa shape index (κ1) is 19.6. The molecular formula is C21H19N3O3. The number of benzene rings is 2. The van der Waals surface area contributed by atoms with Gasteiger partial charge in [-0.1, -0.05) is 12.1 Å². The van der Waals surface area contributed by atoms with Gasteiger partial charge in [0.05, 0.1) is 37.5 Å². The van der Waals surface area contributed by atoms with Crippen LogP contribution in [-0.2, 0) is 0 Å². The second-order valence-corrected chi connectivity index (χ2v) is 5.49. The van der Waals surface area contributed by atoms with E-state index in [1.807, 2.05) is 54.6 Å². The van der Waals surface area contributed by atoms with E-state index < -0.39 is 0 Å². The third-order valence-electron chi connectivity index (χ3n) is 3.50. The average Bonchev–Trinajstić information content (AvgIpc) is 2.69. The molecule has 0 aliphatic heterocycles. The molecule has 0 saturated heterocycles. The van der Waals surface area contributed by atoms with Crippen LogP contribution in [0.4, 0.5) is 0 Å². The van der Waals surface area contributed by atoms with Gasteiger partial charge in [-0.3, -0.25) is 0 Å². The summed E-state index contributed by atoms with van der Waals surface area (Å²) in [5, 5.41) is 26.0. The van der Waals surface area contributed by atoms with E-state index in [0.717, 1.165) is 11.1 Å². The lowest BCUT2D eigenvalue weighted by Crippen LogP contribution is -1.99. The van der Waals surface area contributed by atoms with Crippen LogP contribution in [0.25, 0.3) is 11.1 Å². The molecule has 0 aliphatic carbocycles. The lowest BCUT2D eigenvalue weighted by Gasteiger charge is -2.12. The maximum absolute atomic E-state index is 8.67. The van der Waals surface area contributed by atoms with Crippen molar-refractivity contribution in [2.75, 3.05) is 19.8 Å². The van der Waals surface area contributed by atoms with Gasteiger partial charge < -0.3 is 14.2 Å². The Kier molecular flexibility index (Phi) is 8.02. The predicted octanol–water partition coefficient (Wildman–Crippen LogP) is 4.23. The Labute approximate surface area is 158 Å². The van der Waals surface area contributed by atoms with E-state index in [1.54, 1.807) is 6.07 Å². The van der Waals surface area contributed by atoms with Crippen LogP contribution in [-0.4, -0.2) is 19.8 Å². The maximum atomic E-state index is 8.67. The third-order valence-corrected chi connectivity index (χ3v) is 3.50. The topological polar surface area (TPSA) is 99.1 Å². The van der Waals surface area contributed by atoms with Crippen LogP contribution < -0.4 is 14.2 Å². The first-order chi connectivity index (χ1) is 13.3. The van der Waals surface area contributed by atoms with Gasteiger partial charge >= 0.3 is 0 Å².